The standard InChI is InChI=1S/C27H29F4N5O7/c1-10-21(38)14(9-13-16(28)17(29)23(31)36-22(13)30)33-25(40)18(34-26(41)20-15(37)7-4-8-32-20)11(2)43-27(42)19(35-24(10)39)12-5-3-6-12/h4,7-8,10-12,14,18-19,21,37-38H,3,5-6,9H2,1-2H3,(H,33,40)(H,34,41)(H,35,39)/t10-,11-,14+,18+,19?,21+/m1/s1. The lowest BCUT2D eigenvalue weighted by Crippen LogP contribution is -2.61. The maximum atomic E-state index is 14.6. The van der Waals surface area contributed by atoms with Crippen LogP contribution in [0.15, 0.2) is 18.3 Å². The van der Waals surface area contributed by atoms with Crippen LogP contribution in [0.1, 0.15) is 49.2 Å². The Bertz CT molecular complexity index is 1430. The Morgan fingerprint density at radius 2 is 1.77 bits per heavy atom. The highest BCUT2D eigenvalue weighted by atomic mass is 19.2. The van der Waals surface area contributed by atoms with Crippen molar-refractivity contribution in [2.24, 2.45) is 11.8 Å². The van der Waals surface area contributed by atoms with Crippen LogP contribution in [0, 0.1) is 35.4 Å². The Kier molecular flexibility index (Phi) is 9.47. The van der Waals surface area contributed by atoms with Crippen LogP contribution >= 0.6 is 0 Å². The number of carbonyl (C=O) groups is 4. The number of amides is 3. The van der Waals surface area contributed by atoms with Gasteiger partial charge >= 0.3 is 5.97 Å². The number of rotatable bonds is 5. The average molecular weight is 612 g/mol. The lowest BCUT2D eigenvalue weighted by Gasteiger charge is -2.37. The summed E-state index contributed by atoms with van der Waals surface area (Å²) < 4.78 is 61.9. The van der Waals surface area contributed by atoms with Crippen LogP contribution in [-0.2, 0) is 25.5 Å². The van der Waals surface area contributed by atoms with Gasteiger partial charge in [0.15, 0.2) is 11.5 Å². The van der Waals surface area contributed by atoms with Crippen molar-refractivity contribution in [3.8, 4) is 5.75 Å². The molecule has 43 heavy (non-hydrogen) atoms. The zero-order valence-electron chi connectivity index (χ0n) is 22.9. The molecule has 0 radical (unpaired) electrons. The molecule has 16 heteroatoms. The Morgan fingerprint density at radius 3 is 2.40 bits per heavy atom. The number of pyridine rings is 2. The first-order chi connectivity index (χ1) is 20.3. The SMILES string of the molecule is C[C@H]1OC(=O)C(C2CCC2)NC(=O)[C@H](C)[C@H](O)[C@H](Cc2c(F)nc(F)c(F)c2F)NC(=O)[C@H]1NC(=O)c1ncccc1O. The van der Waals surface area contributed by atoms with Gasteiger partial charge in [-0.1, -0.05) is 13.3 Å². The molecular formula is C27H29F4N5O7. The fraction of sp³-hybridized carbons (Fsp3) is 0.481. The Morgan fingerprint density at radius 1 is 1.07 bits per heavy atom. The smallest absolute Gasteiger partial charge is 0.329 e. The molecular weight excluding hydrogens is 582 g/mol. The van der Waals surface area contributed by atoms with Gasteiger partial charge in [0, 0.05) is 18.2 Å². The highest BCUT2D eigenvalue weighted by Crippen LogP contribution is 2.31. The highest BCUT2D eigenvalue weighted by Gasteiger charge is 2.42. The van der Waals surface area contributed by atoms with Crippen molar-refractivity contribution in [1.82, 2.24) is 25.9 Å². The summed E-state index contributed by atoms with van der Waals surface area (Å²) in [5.41, 5.74) is -1.62. The summed E-state index contributed by atoms with van der Waals surface area (Å²) in [6, 6.07) is -2.16. The molecule has 0 spiro atoms. The number of halogens is 4. The maximum absolute atomic E-state index is 14.6. The predicted molar refractivity (Wildman–Crippen MR) is 137 cm³/mol. The zero-order valence-corrected chi connectivity index (χ0v) is 22.9. The molecule has 3 heterocycles. The number of nitrogens with one attached hydrogen (secondary N) is 3. The molecule has 1 unspecified atom stereocenters. The number of ether oxygens (including phenoxy) is 1. The van der Waals surface area contributed by atoms with Gasteiger partial charge < -0.3 is 30.9 Å². The van der Waals surface area contributed by atoms with E-state index in [4.69, 9.17) is 4.74 Å². The number of hydrogen-bond acceptors (Lipinski definition) is 9. The van der Waals surface area contributed by atoms with Crippen LogP contribution in [0.4, 0.5) is 17.6 Å². The van der Waals surface area contributed by atoms with Gasteiger partial charge in [-0.15, -0.1) is 0 Å². The van der Waals surface area contributed by atoms with E-state index in [0.717, 1.165) is 12.5 Å². The molecule has 3 amide bonds. The minimum Gasteiger partial charge on any atom is -0.505 e. The molecule has 6 atom stereocenters. The normalized spacial score (nSPS) is 27.1. The number of aliphatic hydroxyl groups excluding tert-OH is 1. The first kappa shape index (κ1) is 31.6. The van der Waals surface area contributed by atoms with Crippen molar-refractivity contribution >= 4 is 23.7 Å². The number of hydrogen-bond donors (Lipinski definition) is 5. The second-order valence-electron chi connectivity index (χ2n) is 10.5. The van der Waals surface area contributed by atoms with Crippen LogP contribution in [0.2, 0.25) is 0 Å². The van der Waals surface area contributed by atoms with E-state index in [2.05, 4.69) is 25.9 Å². The van der Waals surface area contributed by atoms with E-state index in [1.54, 1.807) is 0 Å². The Balaban J connectivity index is 1.73. The first-order valence-corrected chi connectivity index (χ1v) is 13.4. The van der Waals surface area contributed by atoms with Crippen LogP contribution < -0.4 is 16.0 Å². The van der Waals surface area contributed by atoms with Gasteiger partial charge in [-0.25, -0.2) is 14.2 Å². The molecule has 2 fully saturated rings. The number of cyclic esters (lactones) is 1. The molecule has 0 bridgehead atoms. The predicted octanol–water partition coefficient (Wildman–Crippen LogP) is 0.792. The van der Waals surface area contributed by atoms with Gasteiger partial charge in [-0.2, -0.15) is 18.2 Å². The molecule has 2 aliphatic rings. The third-order valence-electron chi connectivity index (χ3n) is 7.69. The molecule has 2 aromatic heterocycles. The fourth-order valence-electron chi connectivity index (χ4n) is 4.87. The van der Waals surface area contributed by atoms with E-state index in [1.807, 2.05) is 0 Å². The van der Waals surface area contributed by atoms with Crippen LogP contribution in [-0.4, -0.2) is 74.2 Å². The number of aliphatic hydroxyl groups is 1. The van der Waals surface area contributed by atoms with Gasteiger partial charge in [0.05, 0.1) is 18.1 Å². The minimum absolute atomic E-state index is 0.324. The summed E-state index contributed by atoms with van der Waals surface area (Å²) in [6.07, 6.45) is -1.25. The lowest BCUT2D eigenvalue weighted by molar-refractivity contribution is -0.158. The Labute approximate surface area is 242 Å². The zero-order chi connectivity index (χ0) is 31.6. The van der Waals surface area contributed by atoms with Gasteiger partial charge in [0.25, 0.3) is 11.9 Å². The van der Waals surface area contributed by atoms with E-state index in [1.165, 1.54) is 26.1 Å². The van der Waals surface area contributed by atoms with Gasteiger partial charge in [0.2, 0.25) is 23.6 Å². The summed E-state index contributed by atoms with van der Waals surface area (Å²) in [5.74, 6) is -14.1. The lowest BCUT2D eigenvalue weighted by atomic mass is 9.79. The molecule has 232 valence electrons. The van der Waals surface area contributed by atoms with E-state index >= 15 is 0 Å². The largest absolute Gasteiger partial charge is 0.505 e. The van der Waals surface area contributed by atoms with Crippen molar-refractivity contribution < 1.29 is 51.7 Å². The summed E-state index contributed by atoms with van der Waals surface area (Å²) in [7, 11) is 0. The third kappa shape index (κ3) is 6.68. The van der Waals surface area contributed by atoms with Gasteiger partial charge in [-0.05, 0) is 37.8 Å². The number of aromatic nitrogens is 2. The molecule has 5 N–H and O–H groups in total. The van der Waals surface area contributed by atoms with E-state index in [0.29, 0.717) is 12.8 Å². The summed E-state index contributed by atoms with van der Waals surface area (Å²) in [4.78, 5) is 59.2. The molecule has 1 aliphatic heterocycles. The summed E-state index contributed by atoms with van der Waals surface area (Å²) in [5, 5.41) is 28.2. The molecule has 0 aromatic carbocycles. The maximum Gasteiger partial charge on any atom is 0.329 e. The van der Waals surface area contributed by atoms with Crippen LogP contribution in [0.3, 0.4) is 0 Å². The average Bonchev–Trinajstić information content (AvgIpc) is 2.93. The molecule has 1 saturated heterocycles. The van der Waals surface area contributed by atoms with Crippen molar-refractivity contribution in [1.29, 1.82) is 0 Å². The number of carbonyl (C=O) groups excluding carboxylic acids is 4. The van der Waals surface area contributed by atoms with Crippen LogP contribution in [0.25, 0.3) is 0 Å². The molecule has 1 saturated carbocycles. The molecule has 4 rings (SSSR count). The molecule has 2 aromatic rings. The third-order valence-corrected chi connectivity index (χ3v) is 7.69. The summed E-state index contributed by atoms with van der Waals surface area (Å²) >= 11 is 0. The second kappa shape index (κ2) is 12.9. The fourth-order valence-corrected chi connectivity index (χ4v) is 4.87. The molecule has 1 aliphatic carbocycles. The first-order valence-electron chi connectivity index (χ1n) is 13.4. The number of aromatic hydroxyl groups is 1. The van der Waals surface area contributed by atoms with Gasteiger partial charge in [-0.3, -0.25) is 14.4 Å². The van der Waals surface area contributed by atoms with Gasteiger partial charge in [0.1, 0.15) is 23.9 Å². The number of nitrogens with zero attached hydrogens (tertiary/aromatic N) is 2. The van der Waals surface area contributed by atoms with Crippen molar-refractivity contribution in [2.75, 3.05) is 0 Å². The molecule has 12 nitrogen and oxygen atoms in total. The van der Waals surface area contributed by atoms with Crippen LogP contribution in [0.5, 0.6) is 5.75 Å². The minimum atomic E-state index is -2.10. The quantitative estimate of drug-likeness (QED) is 0.186. The van der Waals surface area contributed by atoms with Crippen molar-refractivity contribution in [2.45, 2.75) is 69.9 Å². The Hall–Kier alpha value is -4.34. The topological polar surface area (TPSA) is 180 Å². The van der Waals surface area contributed by atoms with Crippen molar-refractivity contribution in [3.63, 3.8) is 0 Å². The monoisotopic (exact) mass is 611 g/mol. The van der Waals surface area contributed by atoms with E-state index < -0.39 is 107 Å². The van der Waals surface area contributed by atoms with Crippen molar-refractivity contribution in [3.05, 3.63) is 53.1 Å². The van der Waals surface area contributed by atoms with E-state index in [9.17, 15) is 47.0 Å². The second-order valence-corrected chi connectivity index (χ2v) is 10.5. The summed E-state index contributed by atoms with van der Waals surface area (Å²) in [6.45, 7) is 2.47. The number of esters is 1. The highest BCUT2D eigenvalue weighted by molar-refractivity contribution is 5.98. The van der Waals surface area contributed by atoms with E-state index in [-0.39, 0.29) is 5.92 Å².